The fourth-order valence-electron chi connectivity index (χ4n) is 2.69. The van der Waals surface area contributed by atoms with Crippen LogP contribution in [0.4, 0.5) is 11.4 Å². The van der Waals surface area contributed by atoms with Crippen LogP contribution in [0.1, 0.15) is 18.1 Å². The number of rotatable bonds is 5. The van der Waals surface area contributed by atoms with Gasteiger partial charge in [-0.2, -0.15) is 0 Å². The van der Waals surface area contributed by atoms with Crippen LogP contribution in [0.25, 0.3) is 11.6 Å². The fourth-order valence-corrected chi connectivity index (χ4v) is 2.69. The Morgan fingerprint density at radius 3 is 1.96 bits per heavy atom. The van der Waals surface area contributed by atoms with E-state index in [0.717, 1.165) is 11.1 Å². The third-order valence-electron chi connectivity index (χ3n) is 3.88. The van der Waals surface area contributed by atoms with Gasteiger partial charge in [0, 0.05) is 23.9 Å². The van der Waals surface area contributed by atoms with E-state index in [0.29, 0.717) is 16.9 Å². The molecule has 2 N–H and O–H groups in total. The van der Waals surface area contributed by atoms with Gasteiger partial charge >= 0.3 is 0 Å². The quantitative estimate of drug-likeness (QED) is 0.508. The number of carbonyl (C=O) groups excluding carboxylic acids is 2. The lowest BCUT2D eigenvalue weighted by atomic mass is 10.0. The zero-order chi connectivity index (χ0) is 19.1. The molecule has 0 fully saturated rings. The molecule has 3 aromatic carbocycles. The molecule has 3 rings (SSSR count). The molecular weight excluding hydrogens is 336 g/mol. The molecule has 0 spiro atoms. The summed E-state index contributed by atoms with van der Waals surface area (Å²) in [6.45, 7) is 1.45. The minimum atomic E-state index is -0.218. The molecule has 27 heavy (non-hydrogen) atoms. The Labute approximate surface area is 158 Å². The van der Waals surface area contributed by atoms with Crippen molar-refractivity contribution in [3.63, 3.8) is 0 Å². The van der Waals surface area contributed by atoms with Crippen molar-refractivity contribution in [1.29, 1.82) is 0 Å². The first-order valence-corrected chi connectivity index (χ1v) is 8.63. The average molecular weight is 356 g/mol. The summed E-state index contributed by atoms with van der Waals surface area (Å²) < 4.78 is 0. The predicted molar refractivity (Wildman–Crippen MR) is 110 cm³/mol. The molecule has 0 saturated carbocycles. The number of hydrogen-bond donors (Lipinski definition) is 2. The van der Waals surface area contributed by atoms with Crippen LogP contribution in [-0.2, 0) is 9.59 Å². The van der Waals surface area contributed by atoms with Crippen LogP contribution in [0.15, 0.2) is 84.9 Å². The van der Waals surface area contributed by atoms with Gasteiger partial charge in [-0.25, -0.2) is 0 Å². The minimum Gasteiger partial charge on any atom is -0.326 e. The summed E-state index contributed by atoms with van der Waals surface area (Å²) in [5.41, 5.74) is 3.58. The molecule has 3 aromatic rings. The number of benzene rings is 3. The van der Waals surface area contributed by atoms with Crippen LogP contribution < -0.4 is 10.6 Å². The Kier molecular flexibility index (Phi) is 5.80. The largest absolute Gasteiger partial charge is 0.326 e. The molecule has 0 saturated heterocycles. The highest BCUT2D eigenvalue weighted by Crippen LogP contribution is 2.22. The second-order valence-electron chi connectivity index (χ2n) is 6.05. The van der Waals surface area contributed by atoms with Gasteiger partial charge in [0.15, 0.2) is 0 Å². The second-order valence-corrected chi connectivity index (χ2v) is 6.05. The van der Waals surface area contributed by atoms with Crippen LogP contribution in [0.3, 0.4) is 0 Å². The van der Waals surface area contributed by atoms with Crippen LogP contribution >= 0.6 is 0 Å². The SMILES string of the molecule is CC(=O)Nc1cccc(NC(=O)/C(=C/c2ccccc2)c2ccccc2)c1. The highest BCUT2D eigenvalue weighted by atomic mass is 16.2. The Balaban J connectivity index is 1.90. The first kappa shape index (κ1) is 18.1. The lowest BCUT2D eigenvalue weighted by Crippen LogP contribution is -2.14. The lowest BCUT2D eigenvalue weighted by molar-refractivity contribution is -0.114. The monoisotopic (exact) mass is 356 g/mol. The number of nitrogens with one attached hydrogen (secondary N) is 2. The van der Waals surface area contributed by atoms with Gasteiger partial charge in [-0.05, 0) is 35.4 Å². The summed E-state index contributed by atoms with van der Waals surface area (Å²) in [5, 5.41) is 5.63. The van der Waals surface area contributed by atoms with Gasteiger partial charge in [-0.15, -0.1) is 0 Å². The Morgan fingerprint density at radius 2 is 1.33 bits per heavy atom. The van der Waals surface area contributed by atoms with Crippen molar-refractivity contribution in [1.82, 2.24) is 0 Å². The molecule has 4 nitrogen and oxygen atoms in total. The maximum absolute atomic E-state index is 13.0. The Bertz CT molecular complexity index is 964. The van der Waals surface area contributed by atoms with Gasteiger partial charge < -0.3 is 10.6 Å². The maximum atomic E-state index is 13.0. The summed E-state index contributed by atoms with van der Waals surface area (Å²) in [6.07, 6.45) is 1.86. The van der Waals surface area contributed by atoms with Crippen molar-refractivity contribution in [2.45, 2.75) is 6.92 Å². The first-order chi connectivity index (χ1) is 13.1. The molecule has 0 bridgehead atoms. The van der Waals surface area contributed by atoms with E-state index in [9.17, 15) is 9.59 Å². The predicted octanol–water partition coefficient (Wildman–Crippen LogP) is 4.82. The molecule has 0 atom stereocenters. The second kappa shape index (κ2) is 8.63. The first-order valence-electron chi connectivity index (χ1n) is 8.63. The van der Waals surface area contributed by atoms with Crippen molar-refractivity contribution in [2.24, 2.45) is 0 Å². The summed E-state index contributed by atoms with van der Waals surface area (Å²) in [7, 11) is 0. The number of carbonyl (C=O) groups is 2. The number of anilines is 2. The van der Waals surface area contributed by atoms with Crippen molar-refractivity contribution in [3.8, 4) is 0 Å². The van der Waals surface area contributed by atoms with Gasteiger partial charge in [0.2, 0.25) is 5.91 Å². The molecule has 0 aliphatic heterocycles. The molecule has 0 aromatic heterocycles. The summed E-state index contributed by atoms with van der Waals surface area (Å²) >= 11 is 0. The van der Waals surface area contributed by atoms with Crippen LogP contribution in [-0.4, -0.2) is 11.8 Å². The molecule has 0 aliphatic rings. The van der Waals surface area contributed by atoms with Gasteiger partial charge in [0.1, 0.15) is 0 Å². The molecule has 2 amide bonds. The third kappa shape index (κ3) is 5.16. The van der Waals surface area contributed by atoms with E-state index in [4.69, 9.17) is 0 Å². The summed E-state index contributed by atoms with van der Waals surface area (Å²) in [4.78, 5) is 24.2. The summed E-state index contributed by atoms with van der Waals surface area (Å²) in [6, 6.07) is 26.3. The van der Waals surface area contributed by atoms with Gasteiger partial charge in [-0.3, -0.25) is 9.59 Å². The highest BCUT2D eigenvalue weighted by Gasteiger charge is 2.13. The molecule has 0 radical (unpaired) electrons. The summed E-state index contributed by atoms with van der Waals surface area (Å²) in [5.74, 6) is -0.377. The lowest BCUT2D eigenvalue weighted by Gasteiger charge is -2.11. The molecule has 0 unspecified atom stereocenters. The molecule has 0 aliphatic carbocycles. The average Bonchev–Trinajstić information content (AvgIpc) is 2.67. The number of amides is 2. The van der Waals surface area contributed by atoms with E-state index in [1.807, 2.05) is 66.7 Å². The van der Waals surface area contributed by atoms with E-state index in [1.54, 1.807) is 24.3 Å². The Morgan fingerprint density at radius 1 is 0.741 bits per heavy atom. The van der Waals surface area contributed by atoms with Crippen molar-refractivity contribution in [3.05, 3.63) is 96.1 Å². The molecular formula is C23H20N2O2. The van der Waals surface area contributed by atoms with Gasteiger partial charge in [0.05, 0.1) is 0 Å². The fraction of sp³-hybridized carbons (Fsp3) is 0.0435. The number of hydrogen-bond acceptors (Lipinski definition) is 2. The molecule has 134 valence electrons. The van der Waals surface area contributed by atoms with Crippen molar-refractivity contribution >= 4 is 34.8 Å². The van der Waals surface area contributed by atoms with E-state index >= 15 is 0 Å². The van der Waals surface area contributed by atoms with Crippen molar-refractivity contribution < 1.29 is 9.59 Å². The standard InChI is InChI=1S/C23H20N2O2/c1-17(26)24-20-13-8-14-21(16-20)25-23(27)22(19-11-6-3-7-12-19)15-18-9-4-2-5-10-18/h2-16H,1H3,(H,24,26)(H,25,27)/b22-15+. The zero-order valence-corrected chi connectivity index (χ0v) is 15.0. The van der Waals surface area contributed by atoms with Crippen LogP contribution in [0.5, 0.6) is 0 Å². The van der Waals surface area contributed by atoms with Gasteiger partial charge in [-0.1, -0.05) is 66.7 Å². The molecule has 4 heteroatoms. The van der Waals surface area contributed by atoms with Crippen LogP contribution in [0, 0.1) is 0 Å². The van der Waals surface area contributed by atoms with E-state index in [1.165, 1.54) is 6.92 Å². The smallest absolute Gasteiger partial charge is 0.256 e. The maximum Gasteiger partial charge on any atom is 0.256 e. The van der Waals surface area contributed by atoms with E-state index in [2.05, 4.69) is 10.6 Å². The highest BCUT2D eigenvalue weighted by molar-refractivity contribution is 6.29. The Hall–Kier alpha value is -3.66. The van der Waals surface area contributed by atoms with Gasteiger partial charge in [0.25, 0.3) is 5.91 Å². The molecule has 0 heterocycles. The topological polar surface area (TPSA) is 58.2 Å². The van der Waals surface area contributed by atoms with E-state index in [-0.39, 0.29) is 11.8 Å². The zero-order valence-electron chi connectivity index (χ0n) is 15.0. The third-order valence-corrected chi connectivity index (χ3v) is 3.88. The van der Waals surface area contributed by atoms with Crippen molar-refractivity contribution in [2.75, 3.05) is 10.6 Å². The minimum absolute atomic E-state index is 0.160. The van der Waals surface area contributed by atoms with Crippen LogP contribution in [0.2, 0.25) is 0 Å². The normalized spacial score (nSPS) is 10.9. The van der Waals surface area contributed by atoms with E-state index < -0.39 is 0 Å².